The van der Waals surface area contributed by atoms with Crippen LogP contribution in [0.5, 0.6) is 11.6 Å². The van der Waals surface area contributed by atoms with E-state index < -0.39 is 30.0 Å². The standard InChI is InChI=1S/C48H61N11O10/c1-29(2)38(24-36(61)18-21-67-22-20-51-31(4)60)45(63)56-39(7-6-19-52-46(50)64)40(62)23-32-8-10-34(11-9-32)28-68-48(66)58(5)26-33-12-15-37(16-13-33)69-41-17-14-35(25-53-41)27-59-44-42(57-47(59)65)43(49)54-30(3)55-44/h8-17,25,29,38-39H,6-7,18-24,26-28H2,1-5H3,(H,51,60)(H,56,63)(H,57,65)(H2,49,54,55)(H3,50,52,64)/t38-,39-/m0/s1. The van der Waals surface area contributed by atoms with Crippen LogP contribution in [0.25, 0.3) is 11.2 Å². The quantitative estimate of drug-likeness (QED) is 0.0430. The minimum absolute atomic E-state index is 0.00647. The number of aromatic nitrogens is 5. The highest BCUT2D eigenvalue weighted by Gasteiger charge is 2.29. The van der Waals surface area contributed by atoms with E-state index in [0.717, 1.165) is 11.1 Å². The number of aryl methyl sites for hydroxylation is 1. The number of imidazole rings is 1. The van der Waals surface area contributed by atoms with E-state index in [9.17, 15) is 33.6 Å². The Morgan fingerprint density at radius 1 is 0.884 bits per heavy atom. The summed E-state index contributed by atoms with van der Waals surface area (Å²) in [6, 6.07) is 16.1. The zero-order valence-corrected chi connectivity index (χ0v) is 39.5. The van der Waals surface area contributed by atoms with Crippen LogP contribution < -0.4 is 37.8 Å². The summed E-state index contributed by atoms with van der Waals surface area (Å²) in [4.78, 5) is 105. The molecule has 0 spiro atoms. The Morgan fingerprint density at radius 2 is 1.58 bits per heavy atom. The molecule has 5 aromatic rings. The third-order valence-corrected chi connectivity index (χ3v) is 11.0. The number of ketones is 2. The zero-order chi connectivity index (χ0) is 50.0. The number of urea groups is 1. The number of nitrogens with two attached hydrogens (primary N) is 2. The minimum atomic E-state index is -0.893. The number of rotatable bonds is 26. The Balaban J connectivity index is 1.07. The van der Waals surface area contributed by atoms with Crippen LogP contribution in [0.15, 0.2) is 71.7 Å². The van der Waals surface area contributed by atoms with Crippen molar-refractivity contribution in [3.8, 4) is 11.6 Å². The third-order valence-electron chi connectivity index (χ3n) is 11.0. The number of ether oxygens (including phenoxy) is 3. The molecule has 0 aliphatic rings. The number of hydrogen-bond donors (Lipinski definition) is 6. The normalized spacial score (nSPS) is 12.0. The molecule has 3 aromatic heterocycles. The van der Waals surface area contributed by atoms with Gasteiger partial charge in [-0.05, 0) is 60.1 Å². The van der Waals surface area contributed by atoms with Gasteiger partial charge in [-0.1, -0.05) is 56.3 Å². The van der Waals surface area contributed by atoms with Gasteiger partial charge in [0, 0.05) is 71.0 Å². The second-order valence-corrected chi connectivity index (χ2v) is 16.9. The summed E-state index contributed by atoms with van der Waals surface area (Å²) in [5.41, 5.74) is 14.5. The van der Waals surface area contributed by atoms with Gasteiger partial charge in [0.05, 0.1) is 25.8 Å². The highest BCUT2D eigenvalue weighted by molar-refractivity contribution is 5.93. The number of anilines is 1. The molecule has 21 heteroatoms. The van der Waals surface area contributed by atoms with Gasteiger partial charge in [0.25, 0.3) is 0 Å². The molecule has 0 radical (unpaired) electrons. The van der Waals surface area contributed by atoms with Crippen molar-refractivity contribution in [3.05, 3.63) is 105 Å². The molecule has 0 fully saturated rings. The van der Waals surface area contributed by atoms with Crippen LogP contribution in [0.3, 0.4) is 0 Å². The fourth-order valence-electron chi connectivity index (χ4n) is 7.19. The summed E-state index contributed by atoms with van der Waals surface area (Å²) in [6.07, 6.45) is 1.72. The number of primary amides is 1. The summed E-state index contributed by atoms with van der Waals surface area (Å²) in [6.45, 7) is 8.17. The Hall–Kier alpha value is -7.68. The van der Waals surface area contributed by atoms with Crippen LogP contribution in [0.4, 0.5) is 15.4 Å². The Morgan fingerprint density at radius 3 is 2.25 bits per heavy atom. The van der Waals surface area contributed by atoms with Crippen molar-refractivity contribution in [2.24, 2.45) is 17.6 Å². The first-order chi connectivity index (χ1) is 32.9. The minimum Gasteiger partial charge on any atom is -0.445 e. The van der Waals surface area contributed by atoms with E-state index in [2.05, 4.69) is 35.9 Å². The number of nitrogen functional groups attached to an aromatic ring is 1. The number of H-pyrrole nitrogens is 1. The Kier molecular flexibility index (Phi) is 19.3. The molecule has 368 valence electrons. The van der Waals surface area contributed by atoms with Crippen LogP contribution in [-0.4, -0.2) is 104 Å². The molecule has 3 heterocycles. The van der Waals surface area contributed by atoms with Gasteiger partial charge in [-0.2, -0.15) is 0 Å². The second kappa shape index (κ2) is 25.5. The average molecular weight is 952 g/mol. The number of Topliss-reactive ketones (excluding diaryl/α,β-unsaturated/α-hetero) is 2. The zero-order valence-electron chi connectivity index (χ0n) is 39.5. The van der Waals surface area contributed by atoms with E-state index in [4.69, 9.17) is 25.7 Å². The molecule has 0 saturated heterocycles. The first kappa shape index (κ1) is 52.3. The second-order valence-electron chi connectivity index (χ2n) is 16.9. The molecule has 0 saturated carbocycles. The van der Waals surface area contributed by atoms with Crippen molar-refractivity contribution in [1.29, 1.82) is 0 Å². The number of aromatic amines is 1. The number of amides is 5. The smallest absolute Gasteiger partial charge is 0.410 e. The molecule has 2 aromatic carbocycles. The summed E-state index contributed by atoms with van der Waals surface area (Å²) in [7, 11) is 1.62. The maximum absolute atomic E-state index is 13.7. The van der Waals surface area contributed by atoms with Crippen LogP contribution in [0.2, 0.25) is 0 Å². The Labute approximate surface area is 399 Å². The average Bonchev–Trinajstić information content (AvgIpc) is 3.62. The van der Waals surface area contributed by atoms with E-state index in [1.54, 1.807) is 68.7 Å². The lowest BCUT2D eigenvalue weighted by Gasteiger charge is -2.24. The van der Waals surface area contributed by atoms with Gasteiger partial charge in [0.2, 0.25) is 17.7 Å². The SMILES string of the molecule is CC(=O)NCCOCCC(=O)C[C@H](C(=O)N[C@@H](CCCNC(N)=O)C(=O)Cc1ccc(COC(=O)N(C)Cc2ccc(Oc3ccc(Cn4c(=O)[nH]c5c(N)nc(C)nc54)cn3)cc2)cc1)C(C)C. The predicted molar refractivity (Wildman–Crippen MR) is 255 cm³/mol. The number of hydrogen-bond acceptors (Lipinski definition) is 14. The summed E-state index contributed by atoms with van der Waals surface area (Å²) in [5.74, 6) is -0.380. The number of benzene rings is 2. The number of carbonyl (C=O) groups is 6. The van der Waals surface area contributed by atoms with Gasteiger partial charge in [-0.25, -0.2) is 29.3 Å². The molecular weight excluding hydrogens is 891 g/mol. The summed E-state index contributed by atoms with van der Waals surface area (Å²) < 4.78 is 18.4. The molecular formula is C48H61N11O10. The third kappa shape index (κ3) is 16.6. The van der Waals surface area contributed by atoms with Gasteiger partial charge >= 0.3 is 17.8 Å². The largest absolute Gasteiger partial charge is 0.445 e. The Bertz CT molecular complexity index is 2610. The van der Waals surface area contributed by atoms with Crippen LogP contribution in [-0.2, 0) is 54.8 Å². The summed E-state index contributed by atoms with van der Waals surface area (Å²) in [5, 5.41) is 7.97. The van der Waals surface area contributed by atoms with Crippen molar-refractivity contribution >= 4 is 52.5 Å². The molecule has 8 N–H and O–H groups in total. The van der Waals surface area contributed by atoms with Gasteiger partial charge in [-0.15, -0.1) is 0 Å². The molecule has 5 rings (SSSR count). The van der Waals surface area contributed by atoms with E-state index >= 15 is 0 Å². The molecule has 0 aliphatic heterocycles. The van der Waals surface area contributed by atoms with Crippen molar-refractivity contribution in [2.75, 3.05) is 39.1 Å². The van der Waals surface area contributed by atoms with E-state index in [-0.39, 0.29) is 100 Å². The molecule has 69 heavy (non-hydrogen) atoms. The number of carbonyl (C=O) groups excluding carboxylic acids is 6. The first-order valence-corrected chi connectivity index (χ1v) is 22.6. The predicted octanol–water partition coefficient (Wildman–Crippen LogP) is 3.83. The van der Waals surface area contributed by atoms with E-state index in [0.29, 0.717) is 52.7 Å². The fourth-order valence-corrected chi connectivity index (χ4v) is 7.19. The number of pyridine rings is 1. The van der Waals surface area contributed by atoms with Crippen molar-refractivity contribution < 1.29 is 43.0 Å². The van der Waals surface area contributed by atoms with Crippen molar-refractivity contribution in [2.45, 2.75) is 85.5 Å². The maximum atomic E-state index is 13.7. The van der Waals surface area contributed by atoms with Crippen LogP contribution >= 0.6 is 0 Å². The monoisotopic (exact) mass is 951 g/mol. The van der Waals surface area contributed by atoms with E-state index in [1.165, 1.54) is 16.4 Å². The van der Waals surface area contributed by atoms with Crippen LogP contribution in [0, 0.1) is 18.8 Å². The van der Waals surface area contributed by atoms with Gasteiger partial charge < -0.3 is 51.5 Å². The number of nitrogens with one attached hydrogen (secondary N) is 4. The topological polar surface area (TPSA) is 298 Å². The summed E-state index contributed by atoms with van der Waals surface area (Å²) >= 11 is 0. The van der Waals surface area contributed by atoms with Crippen LogP contribution in [0.1, 0.15) is 74.5 Å². The number of nitrogens with zero attached hydrogens (tertiary/aromatic N) is 5. The molecule has 5 amide bonds. The molecule has 2 atom stereocenters. The molecule has 0 unspecified atom stereocenters. The maximum Gasteiger partial charge on any atom is 0.410 e. The van der Waals surface area contributed by atoms with E-state index in [1.807, 2.05) is 26.0 Å². The first-order valence-electron chi connectivity index (χ1n) is 22.6. The van der Waals surface area contributed by atoms with Crippen molar-refractivity contribution in [3.63, 3.8) is 0 Å². The lowest BCUT2D eigenvalue weighted by molar-refractivity contribution is -0.133. The highest BCUT2D eigenvalue weighted by atomic mass is 16.6. The van der Waals surface area contributed by atoms with Gasteiger partial charge in [0.15, 0.2) is 17.2 Å². The molecule has 21 nitrogen and oxygen atoms in total. The molecule has 0 bridgehead atoms. The highest BCUT2D eigenvalue weighted by Crippen LogP contribution is 2.23. The van der Waals surface area contributed by atoms with Gasteiger partial charge in [0.1, 0.15) is 29.5 Å². The van der Waals surface area contributed by atoms with Gasteiger partial charge in [-0.3, -0.25) is 23.7 Å². The lowest BCUT2D eigenvalue weighted by atomic mass is 9.88. The lowest BCUT2D eigenvalue weighted by Crippen LogP contribution is -2.46. The fraction of sp³-hybridized carbons (Fsp3) is 0.417. The number of fused-ring (bicyclic) bond motifs is 1. The van der Waals surface area contributed by atoms with Crippen molar-refractivity contribution in [1.82, 2.24) is 45.4 Å². The molecule has 0 aliphatic carbocycles.